The van der Waals surface area contributed by atoms with Gasteiger partial charge in [0, 0.05) is 29.4 Å². The molecule has 1 aliphatic carbocycles. The third-order valence-corrected chi connectivity index (χ3v) is 6.36. The number of hydrogen-bond donors (Lipinski definition) is 2. The summed E-state index contributed by atoms with van der Waals surface area (Å²) in [6.45, 7) is 12.9. The zero-order chi connectivity index (χ0) is 22.7. The maximum Gasteiger partial charge on any atom is 0.407 e. The Morgan fingerprint density at radius 2 is 1.90 bits per heavy atom. The Morgan fingerprint density at radius 3 is 2.50 bits per heavy atom. The third kappa shape index (κ3) is 7.63. The standard InChI is InChI=1S/C22H35FN2O4S/c1-14(25-30(27)22(5,6)7)18-12-15(23)8-11-19(18)28-17-10-9-16(13-17)24-20(26)29-21(2,3)4/h8,11-12,14,16-17,25H,9-10,13H2,1-7H3,(H,24,26)/t14-,16+,17-,30?/m0/s1. The molecule has 1 aromatic carbocycles. The first kappa shape index (κ1) is 24.8. The Kier molecular flexibility index (Phi) is 8.04. The molecule has 1 amide bonds. The van der Waals surface area contributed by atoms with Gasteiger partial charge in [0.1, 0.15) is 28.0 Å². The van der Waals surface area contributed by atoms with Crippen molar-refractivity contribution >= 4 is 17.5 Å². The number of benzene rings is 1. The topological polar surface area (TPSA) is 82.6 Å². The van der Waals surface area contributed by atoms with Crippen LogP contribution in [0.4, 0.5) is 9.18 Å². The lowest BCUT2D eigenvalue weighted by atomic mass is 10.1. The average molecular weight is 443 g/mol. The van der Waals surface area contributed by atoms with Crippen LogP contribution in [0.25, 0.3) is 0 Å². The van der Waals surface area contributed by atoms with E-state index in [9.17, 15) is 13.7 Å². The molecule has 1 saturated carbocycles. The second kappa shape index (κ2) is 9.75. The summed E-state index contributed by atoms with van der Waals surface area (Å²) in [5.74, 6) is 0.189. The van der Waals surface area contributed by atoms with Crippen molar-refractivity contribution in [3.05, 3.63) is 29.6 Å². The van der Waals surface area contributed by atoms with E-state index < -0.39 is 27.8 Å². The van der Waals surface area contributed by atoms with Gasteiger partial charge in [0.05, 0.1) is 6.04 Å². The normalized spacial score (nSPS) is 21.8. The van der Waals surface area contributed by atoms with Crippen molar-refractivity contribution in [3.63, 3.8) is 0 Å². The molecular weight excluding hydrogens is 407 g/mol. The quantitative estimate of drug-likeness (QED) is 0.621. The molecule has 0 heterocycles. The molecule has 1 aromatic rings. The predicted octanol–water partition coefficient (Wildman–Crippen LogP) is 4.76. The molecule has 30 heavy (non-hydrogen) atoms. The molecule has 0 bridgehead atoms. The van der Waals surface area contributed by atoms with Gasteiger partial charge >= 0.3 is 6.09 Å². The molecule has 1 fully saturated rings. The van der Waals surface area contributed by atoms with Crippen molar-refractivity contribution in [1.29, 1.82) is 0 Å². The number of ether oxygens (including phenoxy) is 2. The average Bonchev–Trinajstić information content (AvgIpc) is 3.00. The highest BCUT2D eigenvalue weighted by atomic mass is 32.2. The molecule has 0 radical (unpaired) electrons. The van der Waals surface area contributed by atoms with Crippen molar-refractivity contribution in [2.24, 2.45) is 0 Å². The predicted molar refractivity (Wildman–Crippen MR) is 117 cm³/mol. The van der Waals surface area contributed by atoms with E-state index >= 15 is 0 Å². The fourth-order valence-corrected chi connectivity index (χ4v) is 4.00. The van der Waals surface area contributed by atoms with Crippen LogP contribution in [0.3, 0.4) is 0 Å². The first-order chi connectivity index (χ1) is 13.7. The number of rotatable bonds is 6. The van der Waals surface area contributed by atoms with Gasteiger partial charge in [0.25, 0.3) is 0 Å². The number of carbonyl (C=O) groups excluding carboxylic acids is 1. The minimum atomic E-state index is -1.30. The fourth-order valence-electron chi connectivity index (χ4n) is 3.20. The largest absolute Gasteiger partial charge is 0.598 e. The van der Waals surface area contributed by atoms with Gasteiger partial charge in [-0.1, -0.05) is 0 Å². The second-order valence-electron chi connectivity index (χ2n) is 9.80. The SMILES string of the molecule is C[C@H](N[S+]([O-])C(C)(C)C)c1cc(F)ccc1O[C@H]1CC[C@@H](NC(=O)OC(C)(C)C)C1. The molecule has 1 unspecified atom stereocenters. The van der Waals surface area contributed by atoms with Gasteiger partial charge in [0.2, 0.25) is 0 Å². The van der Waals surface area contributed by atoms with Crippen LogP contribution in [0.1, 0.15) is 79.3 Å². The molecule has 1 aliphatic rings. The zero-order valence-electron chi connectivity index (χ0n) is 19.0. The summed E-state index contributed by atoms with van der Waals surface area (Å²) < 4.78 is 40.4. The fraction of sp³-hybridized carbons (Fsp3) is 0.682. The minimum absolute atomic E-state index is 0.0299. The van der Waals surface area contributed by atoms with Crippen molar-refractivity contribution in [2.45, 2.75) is 96.3 Å². The second-order valence-corrected chi connectivity index (χ2v) is 11.8. The lowest BCUT2D eigenvalue weighted by Crippen LogP contribution is -2.40. The highest BCUT2D eigenvalue weighted by Gasteiger charge is 2.32. The highest BCUT2D eigenvalue weighted by Crippen LogP contribution is 2.32. The Hall–Kier alpha value is -1.51. The summed E-state index contributed by atoms with van der Waals surface area (Å²) in [5.41, 5.74) is 0.0777. The van der Waals surface area contributed by atoms with Gasteiger partial charge in [0.15, 0.2) is 0 Å². The lowest BCUT2D eigenvalue weighted by Gasteiger charge is -2.27. The monoisotopic (exact) mass is 442 g/mol. The van der Waals surface area contributed by atoms with Gasteiger partial charge < -0.3 is 19.3 Å². The van der Waals surface area contributed by atoms with Gasteiger partial charge in [-0.15, -0.1) is 4.72 Å². The van der Waals surface area contributed by atoms with Crippen molar-refractivity contribution in [1.82, 2.24) is 10.0 Å². The molecule has 0 saturated heterocycles. The van der Waals surface area contributed by atoms with Crippen LogP contribution in [-0.2, 0) is 16.1 Å². The third-order valence-electron chi connectivity index (χ3n) is 4.68. The van der Waals surface area contributed by atoms with Gasteiger partial charge in [-0.3, -0.25) is 0 Å². The number of amides is 1. The summed E-state index contributed by atoms with van der Waals surface area (Å²) in [5, 5.41) is 2.89. The van der Waals surface area contributed by atoms with Crippen LogP contribution in [0.5, 0.6) is 5.75 Å². The van der Waals surface area contributed by atoms with Crippen LogP contribution >= 0.6 is 0 Å². The lowest BCUT2D eigenvalue weighted by molar-refractivity contribution is 0.0503. The van der Waals surface area contributed by atoms with Crippen LogP contribution in [-0.4, -0.2) is 33.1 Å². The van der Waals surface area contributed by atoms with Crippen LogP contribution in [0.2, 0.25) is 0 Å². The Labute approximate surface area is 182 Å². The maximum atomic E-state index is 13.9. The van der Waals surface area contributed by atoms with E-state index in [0.717, 1.165) is 12.8 Å². The first-order valence-electron chi connectivity index (χ1n) is 10.4. The van der Waals surface area contributed by atoms with E-state index in [4.69, 9.17) is 9.47 Å². The molecule has 2 rings (SSSR count). The Bertz CT molecular complexity index is 733. The van der Waals surface area contributed by atoms with Gasteiger partial charge in [-0.25, -0.2) is 9.18 Å². The van der Waals surface area contributed by atoms with E-state index in [2.05, 4.69) is 10.0 Å². The highest BCUT2D eigenvalue weighted by molar-refractivity contribution is 7.90. The van der Waals surface area contributed by atoms with Crippen molar-refractivity contribution in [2.75, 3.05) is 0 Å². The summed E-state index contributed by atoms with van der Waals surface area (Å²) in [7, 11) is 0. The van der Waals surface area contributed by atoms with E-state index in [-0.39, 0.29) is 24.0 Å². The maximum absolute atomic E-state index is 13.9. The van der Waals surface area contributed by atoms with E-state index in [0.29, 0.717) is 17.7 Å². The number of nitrogens with one attached hydrogen (secondary N) is 2. The molecule has 0 aromatic heterocycles. The molecule has 2 N–H and O–H groups in total. The van der Waals surface area contributed by atoms with E-state index in [1.54, 1.807) is 6.07 Å². The zero-order valence-corrected chi connectivity index (χ0v) is 19.8. The van der Waals surface area contributed by atoms with Crippen LogP contribution < -0.4 is 14.8 Å². The number of hydrogen-bond acceptors (Lipinski definition) is 5. The molecule has 0 spiro atoms. The molecule has 8 heteroatoms. The molecule has 4 atom stereocenters. The number of halogens is 1. The molecular formula is C22H35FN2O4S. The molecule has 0 aliphatic heterocycles. The van der Waals surface area contributed by atoms with E-state index in [1.807, 2.05) is 48.5 Å². The molecule has 6 nitrogen and oxygen atoms in total. The number of carbonyl (C=O) groups is 1. The first-order valence-corrected chi connectivity index (χ1v) is 11.5. The summed E-state index contributed by atoms with van der Waals surface area (Å²) in [6, 6.07) is 4.00. The summed E-state index contributed by atoms with van der Waals surface area (Å²) in [6.07, 6.45) is 1.66. The summed E-state index contributed by atoms with van der Waals surface area (Å²) >= 11 is -1.30. The van der Waals surface area contributed by atoms with Crippen molar-refractivity contribution < 1.29 is 23.2 Å². The van der Waals surface area contributed by atoms with Crippen molar-refractivity contribution in [3.8, 4) is 5.75 Å². The van der Waals surface area contributed by atoms with Gasteiger partial charge in [-0.2, -0.15) is 0 Å². The smallest absolute Gasteiger partial charge is 0.407 e. The molecule has 170 valence electrons. The number of alkyl carbamates (subject to hydrolysis) is 1. The Morgan fingerprint density at radius 1 is 1.23 bits per heavy atom. The van der Waals surface area contributed by atoms with E-state index in [1.165, 1.54) is 12.1 Å². The Balaban J connectivity index is 2.01. The van der Waals surface area contributed by atoms with Crippen LogP contribution in [0, 0.1) is 5.82 Å². The van der Waals surface area contributed by atoms with Crippen LogP contribution in [0.15, 0.2) is 18.2 Å². The minimum Gasteiger partial charge on any atom is -0.598 e. The van der Waals surface area contributed by atoms with Gasteiger partial charge in [-0.05, 0) is 79.5 Å². The summed E-state index contributed by atoms with van der Waals surface area (Å²) in [4.78, 5) is 12.0.